The Morgan fingerprint density at radius 1 is 1.45 bits per heavy atom. The van der Waals surface area contributed by atoms with Crippen LogP contribution in [0.2, 0.25) is 0 Å². The van der Waals surface area contributed by atoms with E-state index in [1.54, 1.807) is 11.3 Å². The number of nitrogens with zero attached hydrogens (tertiary/aromatic N) is 1. The number of aliphatic hydroxyl groups is 1. The first-order valence-electron chi connectivity index (χ1n) is 7.68. The molecule has 4 nitrogen and oxygen atoms in total. The molecule has 116 valence electrons. The first kappa shape index (κ1) is 14.2. The molecule has 0 spiro atoms. The van der Waals surface area contributed by atoms with Crippen LogP contribution in [0, 0.1) is 11.3 Å². The molecule has 22 heavy (non-hydrogen) atoms. The summed E-state index contributed by atoms with van der Waals surface area (Å²) in [4.78, 5) is 15.5. The lowest BCUT2D eigenvalue weighted by atomic mass is 9.75. The number of hydrogen-bond acceptors (Lipinski definition) is 4. The zero-order valence-electron chi connectivity index (χ0n) is 12.3. The van der Waals surface area contributed by atoms with Gasteiger partial charge in [0.25, 0.3) is 5.91 Å². The van der Waals surface area contributed by atoms with Crippen LogP contribution in [0.4, 0.5) is 0 Å². The highest BCUT2D eigenvalue weighted by Crippen LogP contribution is 2.42. The van der Waals surface area contributed by atoms with Crippen LogP contribution in [0.15, 0.2) is 30.3 Å². The third-order valence-electron chi connectivity index (χ3n) is 5.11. The number of fused-ring (bicyclic) bond motifs is 2. The molecule has 4 rings (SSSR count). The summed E-state index contributed by atoms with van der Waals surface area (Å²) in [6.45, 7) is 2.80. The summed E-state index contributed by atoms with van der Waals surface area (Å²) in [6.07, 6.45) is 0.838. The minimum absolute atomic E-state index is 0.0865. The summed E-state index contributed by atoms with van der Waals surface area (Å²) in [5.41, 5.74) is -0.162. The average Bonchev–Trinajstić information content (AvgIpc) is 3.15. The molecule has 0 bridgehead atoms. The zero-order valence-corrected chi connectivity index (χ0v) is 13.1. The molecule has 2 saturated heterocycles. The first-order chi connectivity index (χ1) is 10.7. The quantitative estimate of drug-likeness (QED) is 0.925. The molecule has 2 aliphatic rings. The molecule has 1 aromatic heterocycles. The summed E-state index contributed by atoms with van der Waals surface area (Å²) in [5.74, 6) is 0.341. The van der Waals surface area contributed by atoms with E-state index in [0.29, 0.717) is 26.3 Å². The molecule has 1 amide bonds. The molecule has 0 aliphatic carbocycles. The number of benzene rings is 1. The maximum Gasteiger partial charge on any atom is 0.263 e. The summed E-state index contributed by atoms with van der Waals surface area (Å²) in [5, 5.41) is 11.0. The molecule has 5 heteroatoms. The van der Waals surface area contributed by atoms with Gasteiger partial charge < -0.3 is 14.7 Å². The zero-order chi connectivity index (χ0) is 15.2. The molecule has 0 saturated carbocycles. The number of amides is 1. The van der Waals surface area contributed by atoms with Crippen LogP contribution in [0.5, 0.6) is 0 Å². The SMILES string of the molecule is O=C(c1cc2ccccc2s1)N1C[C@@H]2COCC[C@]2(CO)C1. The fourth-order valence-electron chi connectivity index (χ4n) is 3.70. The van der Waals surface area contributed by atoms with E-state index in [0.717, 1.165) is 21.4 Å². The Labute approximate surface area is 133 Å². The van der Waals surface area contributed by atoms with Gasteiger partial charge in [-0.25, -0.2) is 0 Å². The monoisotopic (exact) mass is 317 g/mol. The lowest BCUT2D eigenvalue weighted by Gasteiger charge is -2.36. The Kier molecular flexibility index (Phi) is 3.44. The van der Waals surface area contributed by atoms with E-state index >= 15 is 0 Å². The lowest BCUT2D eigenvalue weighted by molar-refractivity contribution is -0.0415. The van der Waals surface area contributed by atoms with Gasteiger partial charge in [-0.1, -0.05) is 18.2 Å². The molecule has 1 aromatic carbocycles. The Morgan fingerprint density at radius 2 is 2.32 bits per heavy atom. The van der Waals surface area contributed by atoms with Crippen molar-refractivity contribution in [1.82, 2.24) is 4.90 Å². The Morgan fingerprint density at radius 3 is 3.09 bits per heavy atom. The van der Waals surface area contributed by atoms with Gasteiger partial charge in [0.05, 0.1) is 18.1 Å². The first-order valence-corrected chi connectivity index (χ1v) is 8.50. The van der Waals surface area contributed by atoms with Gasteiger partial charge in [-0.3, -0.25) is 4.79 Å². The van der Waals surface area contributed by atoms with Gasteiger partial charge in [0.1, 0.15) is 0 Å². The van der Waals surface area contributed by atoms with Gasteiger partial charge in [-0.2, -0.15) is 0 Å². The van der Waals surface area contributed by atoms with Crippen LogP contribution >= 0.6 is 11.3 Å². The Bertz CT molecular complexity index is 680. The maximum atomic E-state index is 12.8. The van der Waals surface area contributed by atoms with E-state index in [2.05, 4.69) is 0 Å². The fourth-order valence-corrected chi connectivity index (χ4v) is 4.73. The van der Waals surface area contributed by atoms with E-state index in [4.69, 9.17) is 4.74 Å². The third-order valence-corrected chi connectivity index (χ3v) is 6.22. The van der Waals surface area contributed by atoms with Crippen LogP contribution in [0.3, 0.4) is 0 Å². The molecule has 2 aliphatic heterocycles. The fraction of sp³-hybridized carbons (Fsp3) is 0.471. The summed E-state index contributed by atoms with van der Waals surface area (Å²) in [6, 6.07) is 10.0. The van der Waals surface area contributed by atoms with Gasteiger partial charge in [0.15, 0.2) is 0 Å². The Balaban J connectivity index is 1.60. The number of likely N-dealkylation sites (tertiary alicyclic amines) is 1. The number of thiophene rings is 1. The van der Waals surface area contributed by atoms with Gasteiger partial charge >= 0.3 is 0 Å². The number of carbonyl (C=O) groups is 1. The van der Waals surface area contributed by atoms with Crippen molar-refractivity contribution in [2.24, 2.45) is 11.3 Å². The van der Waals surface area contributed by atoms with Crippen molar-refractivity contribution < 1.29 is 14.6 Å². The highest BCUT2D eigenvalue weighted by atomic mass is 32.1. The minimum Gasteiger partial charge on any atom is -0.396 e. The second kappa shape index (κ2) is 5.33. The highest BCUT2D eigenvalue weighted by molar-refractivity contribution is 7.20. The number of hydrogen-bond donors (Lipinski definition) is 1. The van der Waals surface area contributed by atoms with Gasteiger partial charge in [0.2, 0.25) is 0 Å². The second-order valence-electron chi connectivity index (χ2n) is 6.38. The topological polar surface area (TPSA) is 49.8 Å². The van der Waals surface area contributed by atoms with Crippen LogP contribution in [-0.2, 0) is 4.74 Å². The molecule has 2 aromatic rings. The maximum absolute atomic E-state index is 12.8. The Hall–Kier alpha value is -1.43. The standard InChI is InChI=1S/C17H19NO3S/c19-11-17-5-6-21-9-13(17)8-18(10-17)16(20)15-7-12-3-1-2-4-14(12)22-15/h1-4,7,13,19H,5-6,8-11H2/t13-,17-/m1/s1. The summed E-state index contributed by atoms with van der Waals surface area (Å²) in [7, 11) is 0. The molecule has 2 fully saturated rings. The highest BCUT2D eigenvalue weighted by Gasteiger charge is 2.49. The van der Waals surface area contributed by atoms with Crippen molar-refractivity contribution in [1.29, 1.82) is 0 Å². The molecule has 0 radical (unpaired) electrons. The van der Waals surface area contributed by atoms with E-state index in [9.17, 15) is 9.90 Å². The number of aliphatic hydroxyl groups excluding tert-OH is 1. The summed E-state index contributed by atoms with van der Waals surface area (Å²) < 4.78 is 6.69. The van der Waals surface area contributed by atoms with E-state index in [1.165, 1.54) is 0 Å². The van der Waals surface area contributed by atoms with Crippen molar-refractivity contribution in [3.63, 3.8) is 0 Å². The predicted molar refractivity (Wildman–Crippen MR) is 86.2 cm³/mol. The van der Waals surface area contributed by atoms with Crippen LogP contribution in [0.25, 0.3) is 10.1 Å². The molecular formula is C17H19NO3S. The van der Waals surface area contributed by atoms with Crippen molar-refractivity contribution in [3.05, 3.63) is 35.2 Å². The predicted octanol–water partition coefficient (Wildman–Crippen LogP) is 2.37. The smallest absolute Gasteiger partial charge is 0.263 e. The third kappa shape index (κ3) is 2.16. The van der Waals surface area contributed by atoms with E-state index in [-0.39, 0.29) is 23.8 Å². The van der Waals surface area contributed by atoms with Crippen molar-refractivity contribution >= 4 is 27.3 Å². The number of rotatable bonds is 2. The minimum atomic E-state index is -0.162. The molecule has 1 N–H and O–H groups in total. The summed E-state index contributed by atoms with van der Waals surface area (Å²) >= 11 is 1.55. The normalized spacial score (nSPS) is 28.0. The van der Waals surface area contributed by atoms with Crippen molar-refractivity contribution in [3.8, 4) is 0 Å². The average molecular weight is 317 g/mol. The van der Waals surface area contributed by atoms with Crippen LogP contribution in [-0.4, -0.2) is 48.8 Å². The van der Waals surface area contributed by atoms with Crippen LogP contribution < -0.4 is 0 Å². The van der Waals surface area contributed by atoms with E-state index < -0.39 is 0 Å². The van der Waals surface area contributed by atoms with E-state index in [1.807, 2.05) is 35.2 Å². The van der Waals surface area contributed by atoms with Gasteiger partial charge in [-0.15, -0.1) is 11.3 Å². The lowest BCUT2D eigenvalue weighted by Crippen LogP contribution is -2.41. The molecule has 0 unspecified atom stereocenters. The molecule has 2 atom stereocenters. The van der Waals surface area contributed by atoms with Gasteiger partial charge in [0, 0.05) is 35.7 Å². The number of ether oxygens (including phenoxy) is 1. The van der Waals surface area contributed by atoms with Gasteiger partial charge in [-0.05, 0) is 23.9 Å². The molecule has 3 heterocycles. The largest absolute Gasteiger partial charge is 0.396 e. The molecular weight excluding hydrogens is 298 g/mol. The van der Waals surface area contributed by atoms with Crippen molar-refractivity contribution in [2.75, 3.05) is 32.9 Å². The van der Waals surface area contributed by atoms with Crippen LogP contribution in [0.1, 0.15) is 16.1 Å². The van der Waals surface area contributed by atoms with Crippen molar-refractivity contribution in [2.45, 2.75) is 6.42 Å². The number of carbonyl (C=O) groups excluding carboxylic acids is 1. The second-order valence-corrected chi connectivity index (χ2v) is 7.46.